The largest absolute Gasteiger partial charge is 0.314 e. The minimum atomic E-state index is 0.691. The van der Waals surface area contributed by atoms with Gasteiger partial charge in [0, 0.05) is 12.6 Å². The molecule has 0 spiro atoms. The van der Waals surface area contributed by atoms with Crippen LogP contribution >= 0.6 is 11.8 Å². The van der Waals surface area contributed by atoms with E-state index in [1.165, 1.54) is 57.6 Å². The minimum Gasteiger partial charge on any atom is -0.314 e. The summed E-state index contributed by atoms with van der Waals surface area (Å²) >= 11 is 1.95. The zero-order valence-electron chi connectivity index (χ0n) is 11.9. The third kappa shape index (κ3) is 6.12. The Labute approximate surface area is 112 Å². The highest BCUT2D eigenvalue weighted by Gasteiger charge is 2.23. The average Bonchev–Trinajstić information content (AvgIpc) is 2.35. The Balaban J connectivity index is 2.18. The number of thioether (sulfide) groups is 1. The highest BCUT2D eigenvalue weighted by Crippen LogP contribution is 2.19. The van der Waals surface area contributed by atoms with Crippen molar-refractivity contribution in [3.05, 3.63) is 0 Å². The third-order valence-electron chi connectivity index (χ3n) is 3.78. The zero-order valence-corrected chi connectivity index (χ0v) is 12.7. The van der Waals surface area contributed by atoms with Crippen LogP contribution in [0, 0.1) is 5.92 Å². The van der Waals surface area contributed by atoms with Gasteiger partial charge in [-0.15, -0.1) is 0 Å². The molecule has 17 heavy (non-hydrogen) atoms. The molecule has 0 aliphatic carbocycles. The lowest BCUT2D eigenvalue weighted by molar-refractivity contribution is 0.151. The van der Waals surface area contributed by atoms with Crippen LogP contribution < -0.4 is 5.32 Å². The fraction of sp³-hybridized carbons (Fsp3) is 1.00. The van der Waals surface area contributed by atoms with Crippen LogP contribution in [0.25, 0.3) is 0 Å². The van der Waals surface area contributed by atoms with E-state index in [1.54, 1.807) is 0 Å². The van der Waals surface area contributed by atoms with Crippen molar-refractivity contribution in [2.75, 3.05) is 38.2 Å². The molecule has 0 aromatic rings. The number of nitrogens with one attached hydrogen (secondary N) is 1. The molecule has 1 aliphatic rings. The first kappa shape index (κ1) is 15.3. The molecule has 1 saturated heterocycles. The smallest absolute Gasteiger partial charge is 0.00792 e. The maximum absolute atomic E-state index is 3.71. The van der Waals surface area contributed by atoms with Gasteiger partial charge in [-0.2, -0.15) is 11.8 Å². The van der Waals surface area contributed by atoms with Gasteiger partial charge in [0.15, 0.2) is 0 Å². The van der Waals surface area contributed by atoms with Crippen LogP contribution in [0.2, 0.25) is 0 Å². The Hall–Kier alpha value is 0.270. The number of likely N-dealkylation sites (tertiary alicyclic amines) is 1. The van der Waals surface area contributed by atoms with Crippen molar-refractivity contribution < 1.29 is 0 Å². The number of hydrogen-bond acceptors (Lipinski definition) is 3. The van der Waals surface area contributed by atoms with Crippen molar-refractivity contribution in [3.63, 3.8) is 0 Å². The summed E-state index contributed by atoms with van der Waals surface area (Å²) in [6.45, 7) is 9.77. The Bertz CT molecular complexity index is 185. The van der Waals surface area contributed by atoms with Gasteiger partial charge in [-0.05, 0) is 70.2 Å². The molecule has 0 radical (unpaired) electrons. The van der Waals surface area contributed by atoms with Crippen LogP contribution in [0.1, 0.15) is 39.5 Å². The van der Waals surface area contributed by atoms with E-state index >= 15 is 0 Å². The van der Waals surface area contributed by atoms with Gasteiger partial charge in [-0.3, -0.25) is 0 Å². The summed E-state index contributed by atoms with van der Waals surface area (Å²) < 4.78 is 0. The molecule has 1 rings (SSSR count). The molecule has 1 aliphatic heterocycles. The molecule has 0 aromatic carbocycles. The fourth-order valence-corrected chi connectivity index (χ4v) is 3.16. The maximum atomic E-state index is 3.71. The predicted octanol–water partition coefficient (Wildman–Crippen LogP) is 2.84. The number of hydrogen-bond donors (Lipinski definition) is 1. The highest BCUT2D eigenvalue weighted by atomic mass is 32.2. The van der Waals surface area contributed by atoms with Gasteiger partial charge in [0.1, 0.15) is 0 Å². The second-order valence-electron chi connectivity index (χ2n) is 5.29. The highest BCUT2D eigenvalue weighted by molar-refractivity contribution is 7.98. The Kier molecular flexibility index (Phi) is 8.33. The molecule has 102 valence electrons. The minimum absolute atomic E-state index is 0.691. The average molecular weight is 258 g/mol. The first-order chi connectivity index (χ1) is 8.27. The molecular formula is C14H30N2S. The SMILES string of the molecule is CCCN1CCCC(C(C)NCCCSC)C1. The molecular weight excluding hydrogens is 228 g/mol. The molecule has 0 bridgehead atoms. The fourth-order valence-electron chi connectivity index (χ4n) is 2.73. The summed E-state index contributed by atoms with van der Waals surface area (Å²) in [5, 5.41) is 3.71. The standard InChI is InChI=1S/C14H30N2S/c1-4-9-16-10-5-7-14(12-16)13(2)15-8-6-11-17-3/h13-15H,4-12H2,1-3H3. The molecule has 2 unspecified atom stereocenters. The lowest BCUT2D eigenvalue weighted by atomic mass is 9.91. The summed E-state index contributed by atoms with van der Waals surface area (Å²) in [4.78, 5) is 2.65. The quantitative estimate of drug-likeness (QED) is 0.674. The van der Waals surface area contributed by atoms with Gasteiger partial charge >= 0.3 is 0 Å². The van der Waals surface area contributed by atoms with Crippen LogP contribution in [0.3, 0.4) is 0 Å². The molecule has 1 heterocycles. The normalized spacial score (nSPS) is 23.8. The van der Waals surface area contributed by atoms with E-state index in [0.29, 0.717) is 6.04 Å². The second kappa shape index (κ2) is 9.23. The Morgan fingerprint density at radius 2 is 2.29 bits per heavy atom. The molecule has 0 amide bonds. The molecule has 0 aromatic heterocycles. The van der Waals surface area contributed by atoms with Crippen LogP contribution in [-0.2, 0) is 0 Å². The maximum Gasteiger partial charge on any atom is 0.00792 e. The van der Waals surface area contributed by atoms with E-state index in [-0.39, 0.29) is 0 Å². The molecule has 2 atom stereocenters. The monoisotopic (exact) mass is 258 g/mol. The summed E-state index contributed by atoms with van der Waals surface area (Å²) in [7, 11) is 0. The van der Waals surface area contributed by atoms with Gasteiger partial charge in [0.2, 0.25) is 0 Å². The lowest BCUT2D eigenvalue weighted by Gasteiger charge is -2.36. The van der Waals surface area contributed by atoms with Crippen molar-refractivity contribution in [1.29, 1.82) is 0 Å². The number of rotatable bonds is 8. The molecule has 1 N–H and O–H groups in total. The number of nitrogens with zero attached hydrogens (tertiary/aromatic N) is 1. The van der Waals surface area contributed by atoms with Gasteiger partial charge in [0.05, 0.1) is 0 Å². The summed E-state index contributed by atoms with van der Waals surface area (Å²) in [6.07, 6.45) is 7.59. The Morgan fingerprint density at radius 1 is 1.47 bits per heavy atom. The predicted molar refractivity (Wildman–Crippen MR) is 79.9 cm³/mol. The summed E-state index contributed by atoms with van der Waals surface area (Å²) in [5.41, 5.74) is 0. The molecule has 2 nitrogen and oxygen atoms in total. The van der Waals surface area contributed by atoms with Crippen molar-refractivity contribution in [3.8, 4) is 0 Å². The van der Waals surface area contributed by atoms with Crippen LogP contribution in [0.4, 0.5) is 0 Å². The summed E-state index contributed by atoms with van der Waals surface area (Å²) in [5.74, 6) is 2.15. The molecule has 0 saturated carbocycles. The first-order valence-electron chi connectivity index (χ1n) is 7.22. The van der Waals surface area contributed by atoms with Crippen molar-refractivity contribution >= 4 is 11.8 Å². The van der Waals surface area contributed by atoms with E-state index < -0.39 is 0 Å². The van der Waals surface area contributed by atoms with Crippen LogP contribution in [-0.4, -0.2) is 49.1 Å². The van der Waals surface area contributed by atoms with Gasteiger partial charge < -0.3 is 10.2 Å². The summed E-state index contributed by atoms with van der Waals surface area (Å²) in [6, 6.07) is 0.691. The molecule has 3 heteroatoms. The topological polar surface area (TPSA) is 15.3 Å². The van der Waals surface area contributed by atoms with E-state index in [4.69, 9.17) is 0 Å². The van der Waals surface area contributed by atoms with E-state index in [2.05, 4.69) is 30.3 Å². The first-order valence-corrected chi connectivity index (χ1v) is 8.62. The van der Waals surface area contributed by atoms with Gasteiger partial charge in [0.25, 0.3) is 0 Å². The van der Waals surface area contributed by atoms with Crippen LogP contribution in [0.15, 0.2) is 0 Å². The van der Waals surface area contributed by atoms with Crippen molar-refractivity contribution in [1.82, 2.24) is 10.2 Å². The number of piperidine rings is 1. The Morgan fingerprint density at radius 3 is 3.00 bits per heavy atom. The van der Waals surface area contributed by atoms with Crippen molar-refractivity contribution in [2.45, 2.75) is 45.6 Å². The van der Waals surface area contributed by atoms with Gasteiger partial charge in [-0.25, -0.2) is 0 Å². The van der Waals surface area contributed by atoms with E-state index in [0.717, 1.165) is 5.92 Å². The van der Waals surface area contributed by atoms with Crippen LogP contribution in [0.5, 0.6) is 0 Å². The molecule has 1 fully saturated rings. The van der Waals surface area contributed by atoms with Gasteiger partial charge in [-0.1, -0.05) is 6.92 Å². The third-order valence-corrected chi connectivity index (χ3v) is 4.48. The van der Waals surface area contributed by atoms with Crippen molar-refractivity contribution in [2.24, 2.45) is 5.92 Å². The second-order valence-corrected chi connectivity index (χ2v) is 6.28. The zero-order chi connectivity index (χ0) is 12.5. The lowest BCUT2D eigenvalue weighted by Crippen LogP contribution is -2.44. The van der Waals surface area contributed by atoms with E-state index in [1.807, 2.05) is 11.8 Å². The van der Waals surface area contributed by atoms with E-state index in [9.17, 15) is 0 Å².